The average Bonchev–Trinajstić information content (AvgIpc) is 3.11. The van der Waals surface area contributed by atoms with Gasteiger partial charge in [0.25, 0.3) is 5.78 Å². The first kappa shape index (κ1) is 21.0. The highest BCUT2D eigenvalue weighted by Gasteiger charge is 2.16. The Bertz CT molecular complexity index is 1090. The molecule has 0 amide bonds. The SMILES string of the molecule is CSc1nc2nc(C)c(CCC(=O)OCC(=O)c3ccc(C)c(C)c3)c(C)n2n1. The summed E-state index contributed by atoms with van der Waals surface area (Å²) in [6, 6.07) is 5.47. The molecule has 0 aliphatic carbocycles. The third kappa shape index (κ3) is 4.64. The predicted octanol–water partition coefficient (Wildman–Crippen LogP) is 3.44. The van der Waals surface area contributed by atoms with E-state index in [0.717, 1.165) is 28.1 Å². The molecule has 3 aromatic rings. The molecule has 0 N–H and O–H groups in total. The Kier molecular flexibility index (Phi) is 6.32. The van der Waals surface area contributed by atoms with Crippen LogP contribution >= 0.6 is 11.8 Å². The van der Waals surface area contributed by atoms with Crippen LogP contribution in [0.25, 0.3) is 5.78 Å². The zero-order valence-corrected chi connectivity index (χ0v) is 18.1. The van der Waals surface area contributed by atoms with Gasteiger partial charge in [0.1, 0.15) is 0 Å². The Morgan fingerprint density at radius 3 is 2.55 bits per heavy atom. The predicted molar refractivity (Wildman–Crippen MR) is 112 cm³/mol. The Morgan fingerprint density at radius 1 is 1.10 bits per heavy atom. The molecule has 7 nitrogen and oxygen atoms in total. The number of nitrogens with zero attached hydrogens (tertiary/aromatic N) is 4. The molecule has 0 aliphatic heterocycles. The van der Waals surface area contributed by atoms with Crippen molar-refractivity contribution in [1.29, 1.82) is 0 Å². The summed E-state index contributed by atoms with van der Waals surface area (Å²) in [5, 5.41) is 5.07. The van der Waals surface area contributed by atoms with Crippen molar-refractivity contribution in [2.24, 2.45) is 0 Å². The maximum atomic E-state index is 12.3. The minimum absolute atomic E-state index is 0.166. The van der Waals surface area contributed by atoms with Crippen molar-refractivity contribution < 1.29 is 14.3 Å². The van der Waals surface area contributed by atoms with Crippen LogP contribution in [0.5, 0.6) is 0 Å². The van der Waals surface area contributed by atoms with Crippen molar-refractivity contribution in [3.8, 4) is 0 Å². The largest absolute Gasteiger partial charge is 0.457 e. The van der Waals surface area contributed by atoms with E-state index in [-0.39, 0.29) is 18.8 Å². The molecule has 3 rings (SSSR count). The van der Waals surface area contributed by atoms with Crippen LogP contribution in [0.1, 0.15) is 44.9 Å². The Morgan fingerprint density at radius 2 is 1.86 bits per heavy atom. The number of thioether (sulfide) groups is 1. The van der Waals surface area contributed by atoms with Gasteiger partial charge in [0, 0.05) is 23.4 Å². The molecule has 2 aromatic heterocycles. The number of hydrogen-bond acceptors (Lipinski definition) is 7. The van der Waals surface area contributed by atoms with Crippen LogP contribution in [0.4, 0.5) is 0 Å². The summed E-state index contributed by atoms with van der Waals surface area (Å²) in [7, 11) is 0. The summed E-state index contributed by atoms with van der Waals surface area (Å²) in [6.45, 7) is 7.51. The number of aryl methyl sites for hydroxylation is 4. The van der Waals surface area contributed by atoms with Gasteiger partial charge in [0.15, 0.2) is 12.4 Å². The maximum absolute atomic E-state index is 12.3. The molecule has 8 heteroatoms. The first-order chi connectivity index (χ1) is 13.8. The van der Waals surface area contributed by atoms with E-state index >= 15 is 0 Å². The monoisotopic (exact) mass is 412 g/mol. The van der Waals surface area contributed by atoms with E-state index in [2.05, 4.69) is 15.1 Å². The van der Waals surface area contributed by atoms with Crippen LogP contribution in [0.15, 0.2) is 23.4 Å². The lowest BCUT2D eigenvalue weighted by molar-refractivity contribution is -0.142. The summed E-state index contributed by atoms with van der Waals surface area (Å²) < 4.78 is 6.89. The molecule has 0 spiro atoms. The molecule has 0 aliphatic rings. The highest BCUT2D eigenvalue weighted by atomic mass is 32.2. The lowest BCUT2D eigenvalue weighted by atomic mass is 10.0. The first-order valence-corrected chi connectivity index (χ1v) is 10.6. The van der Waals surface area contributed by atoms with Gasteiger partial charge in [-0.3, -0.25) is 9.59 Å². The number of carbonyl (C=O) groups excluding carboxylic acids is 2. The summed E-state index contributed by atoms with van der Waals surface area (Å²) in [5.74, 6) is -0.0664. The second kappa shape index (κ2) is 8.73. The molecule has 0 radical (unpaired) electrons. The molecule has 0 saturated carbocycles. The number of fused-ring (bicyclic) bond motifs is 1. The lowest BCUT2D eigenvalue weighted by Crippen LogP contribution is -2.15. The zero-order chi connectivity index (χ0) is 21.1. The second-order valence-electron chi connectivity index (χ2n) is 6.95. The van der Waals surface area contributed by atoms with Gasteiger partial charge in [-0.2, -0.15) is 4.98 Å². The van der Waals surface area contributed by atoms with Crippen LogP contribution in [0, 0.1) is 27.7 Å². The number of aromatic nitrogens is 4. The Hall–Kier alpha value is -2.74. The first-order valence-electron chi connectivity index (χ1n) is 9.33. The van der Waals surface area contributed by atoms with Gasteiger partial charge in [-0.15, -0.1) is 5.10 Å². The van der Waals surface area contributed by atoms with Crippen molar-refractivity contribution >= 4 is 29.3 Å². The minimum Gasteiger partial charge on any atom is -0.457 e. The number of ketones is 1. The standard InChI is InChI=1S/C21H24N4O3S/c1-12-6-7-16(10-13(12)2)18(26)11-28-19(27)9-8-17-14(3)22-20-23-21(29-5)24-25(20)15(17)4/h6-7,10H,8-9,11H2,1-5H3. The summed E-state index contributed by atoms with van der Waals surface area (Å²) >= 11 is 1.45. The third-order valence-corrected chi connectivity index (χ3v) is 5.52. The molecule has 29 heavy (non-hydrogen) atoms. The molecular weight excluding hydrogens is 388 g/mol. The fourth-order valence-corrected chi connectivity index (χ4v) is 3.42. The number of ether oxygens (including phenoxy) is 1. The smallest absolute Gasteiger partial charge is 0.306 e. The normalized spacial score (nSPS) is 11.1. The minimum atomic E-state index is -0.413. The highest BCUT2D eigenvalue weighted by Crippen LogP contribution is 2.18. The van der Waals surface area contributed by atoms with Crippen LogP contribution in [0.3, 0.4) is 0 Å². The van der Waals surface area contributed by atoms with E-state index in [9.17, 15) is 9.59 Å². The molecular formula is C21H24N4O3S. The van der Waals surface area contributed by atoms with Crippen molar-refractivity contribution in [3.05, 3.63) is 51.8 Å². The van der Waals surface area contributed by atoms with Crippen LogP contribution in [0.2, 0.25) is 0 Å². The number of Topliss-reactive ketones (excluding diaryl/α,β-unsaturated/α-hetero) is 1. The molecule has 152 valence electrons. The van der Waals surface area contributed by atoms with E-state index < -0.39 is 5.97 Å². The molecule has 0 fully saturated rings. The summed E-state index contributed by atoms with van der Waals surface area (Å²) in [6.07, 6.45) is 2.54. The van der Waals surface area contributed by atoms with Gasteiger partial charge in [0.05, 0.1) is 0 Å². The Balaban J connectivity index is 1.61. The van der Waals surface area contributed by atoms with Gasteiger partial charge in [-0.1, -0.05) is 23.9 Å². The number of carbonyl (C=O) groups is 2. The van der Waals surface area contributed by atoms with Gasteiger partial charge < -0.3 is 4.74 Å². The average molecular weight is 413 g/mol. The van der Waals surface area contributed by atoms with Crippen LogP contribution in [-0.4, -0.2) is 44.2 Å². The van der Waals surface area contributed by atoms with Crippen LogP contribution < -0.4 is 0 Å². The fourth-order valence-electron chi connectivity index (χ4n) is 3.08. The Labute approximate surface area is 173 Å². The van der Waals surface area contributed by atoms with Crippen molar-refractivity contribution in [1.82, 2.24) is 19.6 Å². The molecule has 0 unspecified atom stereocenters. The number of esters is 1. The summed E-state index contributed by atoms with van der Waals surface area (Å²) in [5.41, 5.74) is 5.36. The molecule has 1 aromatic carbocycles. The van der Waals surface area contributed by atoms with E-state index in [1.165, 1.54) is 11.8 Å². The van der Waals surface area contributed by atoms with Crippen molar-refractivity contribution in [3.63, 3.8) is 0 Å². The van der Waals surface area contributed by atoms with E-state index in [1.807, 2.05) is 46.1 Å². The second-order valence-corrected chi connectivity index (χ2v) is 7.73. The van der Waals surface area contributed by atoms with E-state index in [0.29, 0.717) is 22.9 Å². The van der Waals surface area contributed by atoms with Gasteiger partial charge >= 0.3 is 5.97 Å². The fraction of sp³-hybridized carbons (Fsp3) is 0.381. The quantitative estimate of drug-likeness (QED) is 0.334. The van der Waals surface area contributed by atoms with Gasteiger partial charge in [0.2, 0.25) is 5.16 Å². The topological polar surface area (TPSA) is 86.5 Å². The van der Waals surface area contributed by atoms with Gasteiger partial charge in [-0.05, 0) is 63.1 Å². The number of hydrogen-bond donors (Lipinski definition) is 0. The van der Waals surface area contributed by atoms with Crippen LogP contribution in [-0.2, 0) is 16.0 Å². The van der Waals surface area contributed by atoms with E-state index in [1.54, 1.807) is 10.6 Å². The number of rotatable bonds is 7. The zero-order valence-electron chi connectivity index (χ0n) is 17.3. The maximum Gasteiger partial charge on any atom is 0.306 e. The molecule has 2 heterocycles. The van der Waals surface area contributed by atoms with Crippen molar-refractivity contribution in [2.75, 3.05) is 12.9 Å². The molecule has 0 bridgehead atoms. The van der Waals surface area contributed by atoms with Gasteiger partial charge in [-0.25, -0.2) is 9.50 Å². The molecule has 0 atom stereocenters. The third-order valence-electron chi connectivity index (χ3n) is 4.98. The number of benzene rings is 1. The summed E-state index contributed by atoms with van der Waals surface area (Å²) in [4.78, 5) is 33.3. The van der Waals surface area contributed by atoms with Crippen molar-refractivity contribution in [2.45, 2.75) is 45.7 Å². The highest BCUT2D eigenvalue weighted by molar-refractivity contribution is 7.98. The molecule has 0 saturated heterocycles. The lowest BCUT2D eigenvalue weighted by Gasteiger charge is -2.10. The van der Waals surface area contributed by atoms with E-state index in [4.69, 9.17) is 4.74 Å².